The number of rotatable bonds is 4. The minimum atomic E-state index is -3.23. The molecule has 0 spiro atoms. The van der Waals surface area contributed by atoms with Gasteiger partial charge in [0, 0.05) is 19.2 Å². The van der Waals surface area contributed by atoms with Crippen molar-refractivity contribution >= 4 is 10.0 Å². The molecule has 0 aromatic heterocycles. The summed E-state index contributed by atoms with van der Waals surface area (Å²) in [5.74, 6) is 0.504. The molecule has 2 aliphatic rings. The lowest BCUT2D eigenvalue weighted by atomic mass is 9.96. The van der Waals surface area contributed by atoms with E-state index in [1.165, 1.54) is 0 Å². The number of sulfonamides is 1. The summed E-state index contributed by atoms with van der Waals surface area (Å²) in [5, 5.41) is 3.23. The van der Waals surface area contributed by atoms with E-state index in [4.69, 9.17) is 4.74 Å². The average Bonchev–Trinajstić information content (AvgIpc) is 2.32. The molecule has 0 radical (unpaired) electrons. The van der Waals surface area contributed by atoms with Crippen LogP contribution in [0.5, 0.6) is 0 Å². The molecule has 3 atom stereocenters. The molecule has 106 valence electrons. The van der Waals surface area contributed by atoms with E-state index >= 15 is 0 Å². The Labute approximate surface area is 110 Å². The van der Waals surface area contributed by atoms with Gasteiger partial charge in [0.25, 0.3) is 0 Å². The van der Waals surface area contributed by atoms with Crippen molar-refractivity contribution < 1.29 is 13.2 Å². The molecule has 2 heterocycles. The molecule has 2 saturated heterocycles. The van der Waals surface area contributed by atoms with Crippen LogP contribution in [0.1, 0.15) is 32.6 Å². The van der Waals surface area contributed by atoms with Crippen molar-refractivity contribution in [1.82, 2.24) is 10.0 Å². The molecule has 3 unspecified atom stereocenters. The summed E-state index contributed by atoms with van der Waals surface area (Å²) in [6.45, 7) is 4.50. The van der Waals surface area contributed by atoms with Gasteiger partial charge in [-0.05, 0) is 38.1 Å². The normalized spacial score (nSPS) is 34.4. The van der Waals surface area contributed by atoms with Crippen LogP contribution in [0.2, 0.25) is 0 Å². The zero-order valence-corrected chi connectivity index (χ0v) is 11.8. The minimum absolute atomic E-state index is 0.0207. The van der Waals surface area contributed by atoms with Gasteiger partial charge in [-0.25, -0.2) is 13.1 Å². The van der Waals surface area contributed by atoms with Gasteiger partial charge in [-0.3, -0.25) is 0 Å². The maximum Gasteiger partial charge on any atom is 0.214 e. The summed E-state index contributed by atoms with van der Waals surface area (Å²) in [6, 6.07) is 0.0207. The Morgan fingerprint density at radius 2 is 2.17 bits per heavy atom. The lowest BCUT2D eigenvalue weighted by Crippen LogP contribution is -2.51. The molecular weight excluding hydrogens is 252 g/mol. The highest BCUT2D eigenvalue weighted by molar-refractivity contribution is 7.89. The van der Waals surface area contributed by atoms with Crippen molar-refractivity contribution in [3.05, 3.63) is 0 Å². The number of hydrogen-bond donors (Lipinski definition) is 2. The van der Waals surface area contributed by atoms with E-state index in [0.29, 0.717) is 12.5 Å². The van der Waals surface area contributed by atoms with Crippen LogP contribution in [0.4, 0.5) is 0 Å². The maximum atomic E-state index is 12.1. The first kappa shape index (κ1) is 14.2. The molecule has 2 fully saturated rings. The highest BCUT2D eigenvalue weighted by atomic mass is 32.2. The molecule has 6 heteroatoms. The van der Waals surface area contributed by atoms with Crippen LogP contribution in [0.25, 0.3) is 0 Å². The van der Waals surface area contributed by atoms with E-state index in [9.17, 15) is 8.42 Å². The zero-order chi connectivity index (χ0) is 13.0. The highest BCUT2D eigenvalue weighted by Crippen LogP contribution is 2.16. The first-order valence-electron chi connectivity index (χ1n) is 6.89. The molecule has 0 aromatic rings. The topological polar surface area (TPSA) is 67.4 Å². The molecule has 0 saturated carbocycles. The molecule has 2 rings (SSSR count). The third-order valence-electron chi connectivity index (χ3n) is 3.84. The van der Waals surface area contributed by atoms with Crippen LogP contribution in [0.15, 0.2) is 0 Å². The monoisotopic (exact) mass is 276 g/mol. The standard InChI is InChI=1S/C12H24N2O3S/c1-10-5-6-13-8-12(10)14-18(15,16)9-11-4-2-3-7-17-11/h10-14H,2-9H2,1H3. The zero-order valence-electron chi connectivity index (χ0n) is 11.0. The molecular formula is C12H24N2O3S. The molecule has 0 bridgehead atoms. The van der Waals surface area contributed by atoms with Gasteiger partial charge < -0.3 is 10.1 Å². The van der Waals surface area contributed by atoms with Gasteiger partial charge in [0.1, 0.15) is 0 Å². The summed E-state index contributed by atoms with van der Waals surface area (Å²) in [6.07, 6.45) is 3.88. The molecule has 0 aliphatic carbocycles. The Balaban J connectivity index is 1.85. The Bertz CT molecular complexity index is 352. The van der Waals surface area contributed by atoms with Crippen LogP contribution >= 0.6 is 0 Å². The van der Waals surface area contributed by atoms with Crippen molar-refractivity contribution in [3.8, 4) is 0 Å². The van der Waals surface area contributed by atoms with E-state index in [1.807, 2.05) is 0 Å². The smallest absolute Gasteiger partial charge is 0.214 e. The summed E-state index contributed by atoms with van der Waals surface area (Å²) < 4.78 is 32.5. The third kappa shape index (κ3) is 4.19. The summed E-state index contributed by atoms with van der Waals surface area (Å²) in [7, 11) is -3.23. The predicted octanol–water partition coefficient (Wildman–Crippen LogP) is 0.473. The highest BCUT2D eigenvalue weighted by Gasteiger charge is 2.28. The fraction of sp³-hybridized carbons (Fsp3) is 1.00. The van der Waals surface area contributed by atoms with Crippen molar-refractivity contribution in [2.75, 3.05) is 25.4 Å². The lowest BCUT2D eigenvalue weighted by molar-refractivity contribution is 0.0303. The first-order valence-corrected chi connectivity index (χ1v) is 8.54. The van der Waals surface area contributed by atoms with Crippen molar-refractivity contribution in [2.45, 2.75) is 44.8 Å². The van der Waals surface area contributed by atoms with Gasteiger partial charge in [0.15, 0.2) is 0 Å². The van der Waals surface area contributed by atoms with Crippen LogP contribution < -0.4 is 10.0 Å². The van der Waals surface area contributed by atoms with Crippen molar-refractivity contribution in [2.24, 2.45) is 5.92 Å². The second-order valence-corrected chi connectivity index (χ2v) is 7.26. The van der Waals surface area contributed by atoms with Crippen LogP contribution in [-0.2, 0) is 14.8 Å². The average molecular weight is 276 g/mol. The molecule has 18 heavy (non-hydrogen) atoms. The van der Waals surface area contributed by atoms with Gasteiger partial charge in [-0.2, -0.15) is 0 Å². The van der Waals surface area contributed by atoms with Crippen LogP contribution in [-0.4, -0.2) is 46.0 Å². The maximum absolute atomic E-state index is 12.1. The molecule has 2 N–H and O–H groups in total. The van der Waals surface area contributed by atoms with E-state index in [1.54, 1.807) is 0 Å². The number of piperidine rings is 1. The van der Waals surface area contributed by atoms with Gasteiger partial charge in [-0.15, -0.1) is 0 Å². The fourth-order valence-electron chi connectivity index (χ4n) is 2.61. The van der Waals surface area contributed by atoms with Crippen molar-refractivity contribution in [1.29, 1.82) is 0 Å². The van der Waals surface area contributed by atoms with Gasteiger partial charge in [0.2, 0.25) is 10.0 Å². The first-order chi connectivity index (χ1) is 8.57. The molecule has 0 amide bonds. The summed E-state index contributed by atoms with van der Waals surface area (Å²) in [4.78, 5) is 0. The molecule has 5 nitrogen and oxygen atoms in total. The fourth-order valence-corrected chi connectivity index (χ4v) is 4.24. The largest absolute Gasteiger partial charge is 0.377 e. The van der Waals surface area contributed by atoms with E-state index in [0.717, 1.165) is 38.8 Å². The van der Waals surface area contributed by atoms with E-state index in [2.05, 4.69) is 17.0 Å². The lowest BCUT2D eigenvalue weighted by Gasteiger charge is -2.31. The van der Waals surface area contributed by atoms with Gasteiger partial charge in [-0.1, -0.05) is 6.92 Å². The molecule has 2 aliphatic heterocycles. The predicted molar refractivity (Wildman–Crippen MR) is 71.0 cm³/mol. The Kier molecular flexibility index (Phi) is 5.00. The number of nitrogens with one attached hydrogen (secondary N) is 2. The Hall–Kier alpha value is -0.170. The second kappa shape index (κ2) is 6.32. The van der Waals surface area contributed by atoms with Crippen LogP contribution in [0.3, 0.4) is 0 Å². The summed E-state index contributed by atoms with van der Waals surface area (Å²) in [5.41, 5.74) is 0. The summed E-state index contributed by atoms with van der Waals surface area (Å²) >= 11 is 0. The number of hydrogen-bond acceptors (Lipinski definition) is 4. The minimum Gasteiger partial charge on any atom is -0.377 e. The van der Waals surface area contributed by atoms with Gasteiger partial charge >= 0.3 is 0 Å². The van der Waals surface area contributed by atoms with Crippen LogP contribution in [0, 0.1) is 5.92 Å². The van der Waals surface area contributed by atoms with E-state index < -0.39 is 10.0 Å². The SMILES string of the molecule is CC1CCNCC1NS(=O)(=O)CC1CCCCO1. The van der Waals surface area contributed by atoms with Crippen molar-refractivity contribution in [3.63, 3.8) is 0 Å². The third-order valence-corrected chi connectivity index (χ3v) is 5.31. The Morgan fingerprint density at radius 3 is 2.83 bits per heavy atom. The molecule has 0 aromatic carbocycles. The van der Waals surface area contributed by atoms with E-state index in [-0.39, 0.29) is 17.9 Å². The second-order valence-electron chi connectivity index (χ2n) is 5.46. The number of ether oxygens (including phenoxy) is 1. The quantitative estimate of drug-likeness (QED) is 0.783. The van der Waals surface area contributed by atoms with Gasteiger partial charge in [0.05, 0.1) is 11.9 Å². The Morgan fingerprint density at radius 1 is 1.33 bits per heavy atom.